The molecule has 19 heavy (non-hydrogen) atoms. The zero-order valence-corrected chi connectivity index (χ0v) is 13.4. The third-order valence-corrected chi connectivity index (χ3v) is 3.68. The quantitative estimate of drug-likeness (QED) is 0.326. The lowest BCUT2D eigenvalue weighted by atomic mass is 10.0. The second kappa shape index (κ2) is 13.9. The Morgan fingerprint density at radius 2 is 1.32 bits per heavy atom. The third-order valence-electron chi connectivity index (χ3n) is 3.68. The van der Waals surface area contributed by atoms with Gasteiger partial charge in [0.05, 0.1) is 12.5 Å². The van der Waals surface area contributed by atoms with E-state index in [4.69, 9.17) is 4.74 Å². The normalized spacial score (nSPS) is 12.4. The molecule has 114 valence electrons. The van der Waals surface area contributed by atoms with Crippen LogP contribution in [0.3, 0.4) is 0 Å². The minimum Gasteiger partial charge on any atom is -0.466 e. The highest BCUT2D eigenvalue weighted by atomic mass is 16.5. The van der Waals surface area contributed by atoms with Crippen LogP contribution in [0.5, 0.6) is 0 Å². The lowest BCUT2D eigenvalue weighted by Crippen LogP contribution is -2.14. The molecule has 0 N–H and O–H groups in total. The molecule has 0 aliphatic heterocycles. The third kappa shape index (κ3) is 12.3. The standard InChI is InChI=1S/C17H34O2/c1-4-6-7-8-9-10-11-12-13-14-15-16(3)17(18)19-5-2/h16H,4-15H2,1-3H3. The first-order valence-electron chi connectivity index (χ1n) is 8.39. The maximum atomic E-state index is 11.4. The second-order valence-corrected chi connectivity index (χ2v) is 5.62. The van der Waals surface area contributed by atoms with Gasteiger partial charge in [0.2, 0.25) is 0 Å². The van der Waals surface area contributed by atoms with Crippen molar-refractivity contribution >= 4 is 5.97 Å². The maximum absolute atomic E-state index is 11.4. The van der Waals surface area contributed by atoms with E-state index in [9.17, 15) is 4.79 Å². The summed E-state index contributed by atoms with van der Waals surface area (Å²) in [5.41, 5.74) is 0. The van der Waals surface area contributed by atoms with E-state index < -0.39 is 0 Å². The van der Waals surface area contributed by atoms with Crippen LogP contribution < -0.4 is 0 Å². The SMILES string of the molecule is CCCCCCCCCCCCC(C)C(=O)OCC. The van der Waals surface area contributed by atoms with Gasteiger partial charge in [-0.3, -0.25) is 4.79 Å². The fourth-order valence-electron chi connectivity index (χ4n) is 2.34. The maximum Gasteiger partial charge on any atom is 0.308 e. The van der Waals surface area contributed by atoms with Gasteiger partial charge in [-0.1, -0.05) is 78.1 Å². The molecular formula is C17H34O2. The van der Waals surface area contributed by atoms with Gasteiger partial charge in [0.25, 0.3) is 0 Å². The molecule has 2 heteroatoms. The molecule has 0 heterocycles. The minimum atomic E-state index is -0.0292. The molecule has 0 rings (SSSR count). The Balaban J connectivity index is 3.20. The molecule has 0 bridgehead atoms. The van der Waals surface area contributed by atoms with Crippen molar-refractivity contribution in [2.45, 2.75) is 91.4 Å². The molecule has 1 unspecified atom stereocenters. The largest absolute Gasteiger partial charge is 0.466 e. The van der Waals surface area contributed by atoms with Gasteiger partial charge in [-0.25, -0.2) is 0 Å². The fraction of sp³-hybridized carbons (Fsp3) is 0.941. The van der Waals surface area contributed by atoms with Crippen molar-refractivity contribution in [2.24, 2.45) is 5.92 Å². The molecule has 0 radical (unpaired) electrons. The number of hydrogen-bond donors (Lipinski definition) is 0. The van der Waals surface area contributed by atoms with E-state index in [0.717, 1.165) is 12.8 Å². The van der Waals surface area contributed by atoms with E-state index in [1.54, 1.807) is 0 Å². The lowest BCUT2D eigenvalue weighted by molar-refractivity contribution is -0.147. The molecule has 0 aliphatic carbocycles. The first-order chi connectivity index (χ1) is 9.22. The predicted molar refractivity (Wildman–Crippen MR) is 82.3 cm³/mol. The number of esters is 1. The number of hydrogen-bond acceptors (Lipinski definition) is 2. The van der Waals surface area contributed by atoms with Crippen molar-refractivity contribution < 1.29 is 9.53 Å². The summed E-state index contributed by atoms with van der Waals surface area (Å²) in [5, 5.41) is 0. The van der Waals surface area contributed by atoms with Crippen LogP contribution in [0.15, 0.2) is 0 Å². The van der Waals surface area contributed by atoms with Crippen LogP contribution in [0.2, 0.25) is 0 Å². The Labute approximate surface area is 120 Å². The average molecular weight is 270 g/mol. The van der Waals surface area contributed by atoms with E-state index >= 15 is 0 Å². The van der Waals surface area contributed by atoms with Gasteiger partial charge in [0.15, 0.2) is 0 Å². The van der Waals surface area contributed by atoms with E-state index in [1.165, 1.54) is 57.8 Å². The van der Waals surface area contributed by atoms with Crippen LogP contribution >= 0.6 is 0 Å². The zero-order valence-electron chi connectivity index (χ0n) is 13.4. The zero-order chi connectivity index (χ0) is 14.3. The monoisotopic (exact) mass is 270 g/mol. The first kappa shape index (κ1) is 18.5. The number of carbonyl (C=O) groups is 1. The van der Waals surface area contributed by atoms with Crippen LogP contribution in [0.25, 0.3) is 0 Å². The highest BCUT2D eigenvalue weighted by Crippen LogP contribution is 2.14. The molecule has 0 spiro atoms. The Hall–Kier alpha value is -0.530. The van der Waals surface area contributed by atoms with E-state index in [0.29, 0.717) is 6.61 Å². The van der Waals surface area contributed by atoms with Crippen molar-refractivity contribution in [1.82, 2.24) is 0 Å². The van der Waals surface area contributed by atoms with Gasteiger partial charge >= 0.3 is 5.97 Å². The highest BCUT2D eigenvalue weighted by Gasteiger charge is 2.12. The van der Waals surface area contributed by atoms with E-state index in [-0.39, 0.29) is 11.9 Å². The van der Waals surface area contributed by atoms with Gasteiger partial charge in [-0.2, -0.15) is 0 Å². The van der Waals surface area contributed by atoms with Crippen LogP contribution in [0, 0.1) is 5.92 Å². The van der Waals surface area contributed by atoms with E-state index in [1.807, 2.05) is 13.8 Å². The topological polar surface area (TPSA) is 26.3 Å². The summed E-state index contributed by atoms with van der Waals surface area (Å²) in [4.78, 5) is 11.4. The highest BCUT2D eigenvalue weighted by molar-refractivity contribution is 5.71. The summed E-state index contributed by atoms with van der Waals surface area (Å²) >= 11 is 0. The van der Waals surface area contributed by atoms with Crippen molar-refractivity contribution in [3.8, 4) is 0 Å². The van der Waals surface area contributed by atoms with Gasteiger partial charge in [-0.15, -0.1) is 0 Å². The molecule has 0 saturated carbocycles. The molecule has 0 aromatic rings. The molecular weight excluding hydrogens is 236 g/mol. The number of ether oxygens (including phenoxy) is 1. The summed E-state index contributed by atoms with van der Waals surface area (Å²) < 4.78 is 5.01. The van der Waals surface area contributed by atoms with Gasteiger partial charge in [0, 0.05) is 0 Å². The Morgan fingerprint density at radius 1 is 0.842 bits per heavy atom. The fourth-order valence-corrected chi connectivity index (χ4v) is 2.34. The number of unbranched alkanes of at least 4 members (excludes halogenated alkanes) is 9. The van der Waals surface area contributed by atoms with Gasteiger partial charge in [-0.05, 0) is 13.3 Å². The number of rotatable bonds is 13. The molecule has 0 aliphatic rings. The molecule has 0 aromatic heterocycles. The molecule has 2 nitrogen and oxygen atoms in total. The van der Waals surface area contributed by atoms with Crippen LogP contribution in [0.1, 0.15) is 91.4 Å². The van der Waals surface area contributed by atoms with Crippen LogP contribution in [0.4, 0.5) is 0 Å². The Morgan fingerprint density at radius 3 is 1.79 bits per heavy atom. The van der Waals surface area contributed by atoms with Gasteiger partial charge in [0.1, 0.15) is 0 Å². The summed E-state index contributed by atoms with van der Waals surface area (Å²) in [6, 6.07) is 0. The summed E-state index contributed by atoms with van der Waals surface area (Å²) in [6.45, 7) is 6.61. The Kier molecular flexibility index (Phi) is 13.5. The number of carbonyl (C=O) groups excluding carboxylic acids is 1. The van der Waals surface area contributed by atoms with Crippen molar-refractivity contribution in [3.05, 3.63) is 0 Å². The molecule has 0 aromatic carbocycles. The van der Waals surface area contributed by atoms with Crippen LogP contribution in [-0.2, 0) is 9.53 Å². The van der Waals surface area contributed by atoms with Crippen molar-refractivity contribution in [3.63, 3.8) is 0 Å². The van der Waals surface area contributed by atoms with E-state index in [2.05, 4.69) is 6.92 Å². The minimum absolute atomic E-state index is 0.0292. The average Bonchev–Trinajstić information content (AvgIpc) is 2.41. The molecule has 0 saturated heterocycles. The van der Waals surface area contributed by atoms with Crippen molar-refractivity contribution in [1.29, 1.82) is 0 Å². The predicted octanol–water partition coefficient (Wildman–Crippen LogP) is 5.50. The Bertz CT molecular complexity index is 201. The summed E-state index contributed by atoms with van der Waals surface area (Å²) in [6.07, 6.45) is 14.4. The van der Waals surface area contributed by atoms with Crippen molar-refractivity contribution in [2.75, 3.05) is 6.61 Å². The first-order valence-corrected chi connectivity index (χ1v) is 8.39. The van der Waals surface area contributed by atoms with Gasteiger partial charge < -0.3 is 4.74 Å². The molecule has 0 amide bonds. The lowest BCUT2D eigenvalue weighted by Gasteiger charge is -2.09. The molecule has 1 atom stereocenters. The summed E-state index contributed by atoms with van der Waals surface area (Å²) in [5.74, 6) is 0.0485. The molecule has 0 fully saturated rings. The summed E-state index contributed by atoms with van der Waals surface area (Å²) in [7, 11) is 0. The van der Waals surface area contributed by atoms with Crippen LogP contribution in [-0.4, -0.2) is 12.6 Å². The smallest absolute Gasteiger partial charge is 0.308 e. The second-order valence-electron chi connectivity index (χ2n) is 5.62.